The molecule has 0 aliphatic rings. The molecule has 0 aliphatic heterocycles. The maximum absolute atomic E-state index is 14.2. The third-order valence-corrected chi connectivity index (χ3v) is 8.48. The predicted octanol–water partition coefficient (Wildman–Crippen LogP) is 4.35. The van der Waals surface area contributed by atoms with Gasteiger partial charge in [0, 0.05) is 19.5 Å². The highest BCUT2D eigenvalue weighted by molar-refractivity contribution is 7.51. The Labute approximate surface area is 264 Å². The van der Waals surface area contributed by atoms with Crippen molar-refractivity contribution in [2.75, 3.05) is 40.9 Å². The van der Waals surface area contributed by atoms with E-state index in [2.05, 4.69) is 19.9 Å². The van der Waals surface area contributed by atoms with Gasteiger partial charge in [0.05, 0.1) is 25.9 Å². The van der Waals surface area contributed by atoms with Crippen molar-refractivity contribution in [3.05, 3.63) is 95.0 Å². The Morgan fingerprint density at radius 1 is 1.02 bits per heavy atom. The van der Waals surface area contributed by atoms with Crippen molar-refractivity contribution in [2.45, 2.75) is 13.3 Å². The van der Waals surface area contributed by atoms with Gasteiger partial charge < -0.3 is 18.9 Å². The van der Waals surface area contributed by atoms with Gasteiger partial charge in [-0.3, -0.25) is 23.7 Å². The van der Waals surface area contributed by atoms with Crippen LogP contribution in [0.3, 0.4) is 0 Å². The Bertz CT molecular complexity index is 1920. The molecule has 0 bridgehead atoms. The molecule has 2 aromatic heterocycles. The average molecular weight is 648 g/mol. The fourth-order valence-electron chi connectivity index (χ4n) is 4.29. The number of hydrogen-bond acceptors (Lipinski definition) is 10. The van der Waals surface area contributed by atoms with E-state index >= 15 is 0 Å². The lowest BCUT2D eigenvalue weighted by atomic mass is 10.1. The summed E-state index contributed by atoms with van der Waals surface area (Å²) in [6, 6.07) is 22.1. The van der Waals surface area contributed by atoms with E-state index in [4.69, 9.17) is 18.5 Å². The highest BCUT2D eigenvalue weighted by Crippen LogP contribution is 2.52. The maximum atomic E-state index is 14.2. The number of imidazole rings is 1. The first kappa shape index (κ1) is 32.5. The van der Waals surface area contributed by atoms with E-state index in [1.807, 2.05) is 60.7 Å². The molecule has 0 saturated heterocycles. The summed E-state index contributed by atoms with van der Waals surface area (Å²) >= 11 is 0. The van der Waals surface area contributed by atoms with Crippen LogP contribution in [0, 0.1) is 0 Å². The van der Waals surface area contributed by atoms with Crippen LogP contribution in [0.2, 0.25) is 0 Å². The molecule has 0 amide bonds. The quantitative estimate of drug-likeness (QED) is 0.0567. The molecular weight excluding hydrogens is 613 g/mol. The van der Waals surface area contributed by atoms with Gasteiger partial charge in [-0.05, 0) is 24.1 Å². The van der Waals surface area contributed by atoms with Gasteiger partial charge in [-0.15, -0.1) is 0 Å². The molecule has 46 heavy (non-hydrogen) atoms. The molecule has 0 radical (unpaired) electrons. The summed E-state index contributed by atoms with van der Waals surface area (Å²) in [4.78, 5) is 42.0. The Morgan fingerprint density at radius 3 is 2.59 bits per heavy atom. The number of carbonyl (C=O) groups is 1. The van der Waals surface area contributed by atoms with Crippen LogP contribution in [-0.2, 0) is 36.7 Å². The molecule has 5 rings (SSSR count). The normalized spacial score (nSPS) is 13.0. The zero-order chi connectivity index (χ0) is 32.5. The van der Waals surface area contributed by atoms with Crippen LogP contribution in [0.25, 0.3) is 21.9 Å². The number of aromatic nitrogens is 4. The largest absolute Gasteiger partial charge is 0.461 e. The minimum Gasteiger partial charge on any atom is -0.460 e. The molecule has 1 N–H and O–H groups in total. The smallest absolute Gasteiger partial charge is 0.460 e. The highest BCUT2D eigenvalue weighted by Gasteiger charge is 2.35. The van der Waals surface area contributed by atoms with E-state index in [0.29, 0.717) is 5.75 Å². The van der Waals surface area contributed by atoms with Crippen molar-refractivity contribution < 1.29 is 27.9 Å². The molecule has 0 fully saturated rings. The average Bonchev–Trinajstić information content (AvgIpc) is 3.46. The standard InChI is InChI=1S/C31H34N7O7P/c1-36(2)20-33-31-34-29-28(30(40)35-31)32-21-38(29)22-42-16-17-44-46(41,45-26-15-9-13-24-12-7-8-14-25(24)26)37(3)18-27(39)43-19-23-10-5-4-6-11-23/h4-15,20-21H,16-19,22H2,1-3H3,(H,34,35,40)/b33-20+. The van der Waals surface area contributed by atoms with Crippen LogP contribution in [0.1, 0.15) is 5.56 Å². The molecule has 0 spiro atoms. The molecule has 0 saturated carbocycles. The van der Waals surface area contributed by atoms with Crippen LogP contribution in [0.15, 0.2) is 88.9 Å². The first-order chi connectivity index (χ1) is 22.2. The van der Waals surface area contributed by atoms with Gasteiger partial charge >= 0.3 is 13.7 Å². The second-order valence-electron chi connectivity index (χ2n) is 10.4. The first-order valence-electron chi connectivity index (χ1n) is 14.3. The Hall–Kier alpha value is -4.88. The summed E-state index contributed by atoms with van der Waals surface area (Å²) in [5.41, 5.74) is 0.812. The Kier molecular flexibility index (Phi) is 10.6. The van der Waals surface area contributed by atoms with Crippen LogP contribution in [0.4, 0.5) is 5.95 Å². The van der Waals surface area contributed by atoms with Crippen molar-refractivity contribution in [1.29, 1.82) is 0 Å². The van der Waals surface area contributed by atoms with E-state index in [-0.39, 0.29) is 50.2 Å². The van der Waals surface area contributed by atoms with Crippen molar-refractivity contribution in [3.8, 4) is 5.75 Å². The number of fused-ring (bicyclic) bond motifs is 2. The molecule has 240 valence electrons. The van der Waals surface area contributed by atoms with Gasteiger partial charge in [0.15, 0.2) is 11.2 Å². The molecule has 0 aliphatic carbocycles. The maximum Gasteiger partial charge on any atom is 0.461 e. The van der Waals surface area contributed by atoms with Crippen LogP contribution >= 0.6 is 7.75 Å². The molecule has 3 aromatic carbocycles. The fourth-order valence-corrected chi connectivity index (χ4v) is 5.68. The Balaban J connectivity index is 1.25. The predicted molar refractivity (Wildman–Crippen MR) is 173 cm³/mol. The monoisotopic (exact) mass is 647 g/mol. The van der Waals surface area contributed by atoms with Crippen molar-refractivity contribution >= 4 is 47.9 Å². The summed E-state index contributed by atoms with van der Waals surface area (Å²) in [5.74, 6) is -0.148. The van der Waals surface area contributed by atoms with E-state index in [1.165, 1.54) is 24.4 Å². The van der Waals surface area contributed by atoms with E-state index < -0.39 is 19.3 Å². The van der Waals surface area contributed by atoms with Crippen molar-refractivity contribution in [2.24, 2.45) is 4.99 Å². The van der Waals surface area contributed by atoms with Crippen molar-refractivity contribution in [1.82, 2.24) is 29.1 Å². The number of nitrogens with zero attached hydrogens (tertiary/aromatic N) is 6. The van der Waals surface area contributed by atoms with Gasteiger partial charge in [-0.25, -0.2) is 14.5 Å². The SMILES string of the molecule is CN(C)/C=N/c1nc2c(ncn2COCCOP(=O)(Oc2cccc3ccccc23)N(C)CC(=O)OCc2ccccc2)c(=O)[nH]1. The fraction of sp³-hybridized carbons (Fsp3) is 0.258. The third-order valence-electron chi connectivity index (χ3n) is 6.57. The number of likely N-dealkylation sites (N-methyl/N-ethyl adjacent to an activating group) is 1. The number of benzene rings is 3. The van der Waals surface area contributed by atoms with Crippen LogP contribution in [-0.4, -0.2) is 82.3 Å². The van der Waals surface area contributed by atoms with Crippen LogP contribution < -0.4 is 10.1 Å². The van der Waals surface area contributed by atoms with Gasteiger partial charge in [0.2, 0.25) is 5.95 Å². The lowest BCUT2D eigenvalue weighted by Crippen LogP contribution is -2.28. The second-order valence-corrected chi connectivity index (χ2v) is 12.4. The molecular formula is C31H34N7O7P. The van der Waals surface area contributed by atoms with Crippen LogP contribution in [0.5, 0.6) is 5.75 Å². The zero-order valence-corrected chi connectivity index (χ0v) is 26.5. The molecule has 14 nitrogen and oxygen atoms in total. The number of aliphatic imine (C=N–C) groups is 1. The van der Waals surface area contributed by atoms with Gasteiger partial charge in [-0.2, -0.15) is 9.65 Å². The number of carbonyl (C=O) groups excluding carboxylic acids is 1. The number of rotatable bonds is 15. The number of H-pyrrole nitrogens is 1. The number of nitrogens with one attached hydrogen (secondary N) is 1. The van der Waals surface area contributed by atoms with Gasteiger partial charge in [0.1, 0.15) is 25.6 Å². The number of hydrogen-bond donors (Lipinski definition) is 1. The summed E-state index contributed by atoms with van der Waals surface area (Å²) in [6.07, 6.45) is 2.94. The first-order valence-corrected chi connectivity index (χ1v) is 15.8. The minimum absolute atomic E-state index is 0.0102. The third kappa shape index (κ3) is 8.23. The topological polar surface area (TPSA) is 153 Å². The minimum atomic E-state index is -4.10. The second kappa shape index (κ2) is 14.9. The molecule has 5 aromatic rings. The molecule has 15 heteroatoms. The highest BCUT2D eigenvalue weighted by atomic mass is 31.2. The van der Waals surface area contributed by atoms with E-state index in [0.717, 1.165) is 16.3 Å². The zero-order valence-electron chi connectivity index (χ0n) is 25.6. The number of aromatic amines is 1. The number of ether oxygens (including phenoxy) is 2. The van der Waals surface area contributed by atoms with E-state index in [1.54, 1.807) is 35.7 Å². The summed E-state index contributed by atoms with van der Waals surface area (Å²) in [7, 11) is 0.954. The Morgan fingerprint density at radius 2 is 1.78 bits per heavy atom. The lowest BCUT2D eigenvalue weighted by Gasteiger charge is -2.27. The summed E-state index contributed by atoms with van der Waals surface area (Å²) in [6.45, 7) is -0.461. The molecule has 1 atom stereocenters. The summed E-state index contributed by atoms with van der Waals surface area (Å²) in [5, 5.41) is 1.62. The molecule has 2 heterocycles. The summed E-state index contributed by atoms with van der Waals surface area (Å²) < 4.78 is 40.0. The molecule has 1 unspecified atom stereocenters. The van der Waals surface area contributed by atoms with Gasteiger partial charge in [-0.1, -0.05) is 66.7 Å². The van der Waals surface area contributed by atoms with Crippen molar-refractivity contribution in [3.63, 3.8) is 0 Å². The number of esters is 1. The van der Waals surface area contributed by atoms with Gasteiger partial charge in [0.25, 0.3) is 5.56 Å². The van der Waals surface area contributed by atoms with E-state index in [9.17, 15) is 14.2 Å². The lowest BCUT2D eigenvalue weighted by molar-refractivity contribution is -0.145.